The van der Waals surface area contributed by atoms with Crippen LogP contribution in [0.2, 0.25) is 0 Å². The van der Waals surface area contributed by atoms with Crippen LogP contribution in [0.1, 0.15) is 65.2 Å². The molecule has 2 rings (SSSR count). The zero-order valence-corrected chi connectivity index (χ0v) is 16.7. The smallest absolute Gasteiger partial charge is 0.261 e. The summed E-state index contributed by atoms with van der Waals surface area (Å²) in [6, 6.07) is 4.03. The van der Waals surface area contributed by atoms with E-state index >= 15 is 0 Å². The fourth-order valence-electron chi connectivity index (χ4n) is 2.80. The van der Waals surface area contributed by atoms with Gasteiger partial charge in [-0.05, 0) is 41.5 Å². The minimum absolute atomic E-state index is 0.102. The average molecular weight is 348 g/mol. The summed E-state index contributed by atoms with van der Waals surface area (Å²) in [5.74, 6) is 1.19. The fraction of sp³-hybridized carbons (Fsp3) is 0.550. The molecule has 0 bridgehead atoms. The number of phenols is 1. The molecular formula is C20H29NO2S. The molecule has 0 unspecified atom stereocenters. The van der Waals surface area contributed by atoms with Crippen molar-refractivity contribution in [3.05, 3.63) is 33.7 Å². The van der Waals surface area contributed by atoms with Gasteiger partial charge in [-0.25, -0.2) is 0 Å². The van der Waals surface area contributed by atoms with E-state index in [1.165, 1.54) is 0 Å². The zero-order valence-electron chi connectivity index (χ0n) is 15.9. The Morgan fingerprint density at radius 2 is 1.62 bits per heavy atom. The van der Waals surface area contributed by atoms with Crippen molar-refractivity contribution in [3.63, 3.8) is 0 Å². The Morgan fingerprint density at radius 3 is 2.00 bits per heavy atom. The van der Waals surface area contributed by atoms with Gasteiger partial charge in [0.05, 0.1) is 10.8 Å². The first kappa shape index (κ1) is 18.9. The molecule has 0 saturated carbocycles. The van der Waals surface area contributed by atoms with Crippen LogP contribution in [0.15, 0.2) is 17.0 Å². The number of likely N-dealkylation sites (N-methyl/N-ethyl adjacent to an activating group) is 1. The first-order valence-electron chi connectivity index (χ1n) is 8.47. The number of benzene rings is 1. The third kappa shape index (κ3) is 3.80. The summed E-state index contributed by atoms with van der Waals surface area (Å²) in [4.78, 5) is 15.0. The quantitative estimate of drug-likeness (QED) is 0.775. The molecule has 1 heterocycles. The van der Waals surface area contributed by atoms with Crippen molar-refractivity contribution < 1.29 is 9.90 Å². The molecule has 1 aromatic carbocycles. The van der Waals surface area contributed by atoms with Crippen LogP contribution >= 0.6 is 11.8 Å². The number of hydrogen-bond donors (Lipinski definition) is 1. The molecule has 0 aromatic heterocycles. The standard InChI is InChI=1S/C20H29NO2S/c1-8-21-12-24-16(18(21)23)11-13-9-14(19(2,3)4)17(22)15(10-13)20(5,6)7/h9-11,22H,8,12H2,1-7H3/b16-11-. The Hall–Kier alpha value is -1.42. The van der Waals surface area contributed by atoms with Gasteiger partial charge in [-0.15, -0.1) is 0 Å². The van der Waals surface area contributed by atoms with Crippen molar-refractivity contribution in [1.82, 2.24) is 4.90 Å². The fourth-order valence-corrected chi connectivity index (χ4v) is 3.86. The minimum Gasteiger partial charge on any atom is -0.507 e. The number of carbonyl (C=O) groups is 1. The molecule has 1 aliphatic rings. The lowest BCUT2D eigenvalue weighted by atomic mass is 9.78. The maximum absolute atomic E-state index is 12.4. The van der Waals surface area contributed by atoms with Gasteiger partial charge < -0.3 is 10.0 Å². The molecule has 4 heteroatoms. The van der Waals surface area contributed by atoms with Crippen LogP contribution < -0.4 is 0 Å². The van der Waals surface area contributed by atoms with Crippen LogP contribution in [0.5, 0.6) is 5.75 Å². The van der Waals surface area contributed by atoms with E-state index in [2.05, 4.69) is 41.5 Å². The summed E-state index contributed by atoms with van der Waals surface area (Å²) in [5, 5.41) is 10.8. The van der Waals surface area contributed by atoms with E-state index < -0.39 is 0 Å². The third-order valence-electron chi connectivity index (χ3n) is 4.30. The number of rotatable bonds is 2. The topological polar surface area (TPSA) is 40.5 Å². The van der Waals surface area contributed by atoms with Crippen molar-refractivity contribution >= 4 is 23.7 Å². The first-order chi connectivity index (χ1) is 10.9. The second kappa shape index (κ2) is 6.47. The summed E-state index contributed by atoms with van der Waals surface area (Å²) < 4.78 is 0. The van der Waals surface area contributed by atoms with Gasteiger partial charge in [0.25, 0.3) is 5.91 Å². The Balaban J connectivity index is 2.58. The maximum Gasteiger partial charge on any atom is 0.261 e. The highest BCUT2D eigenvalue weighted by atomic mass is 32.2. The second-order valence-electron chi connectivity index (χ2n) is 8.41. The van der Waals surface area contributed by atoms with Crippen LogP contribution in [0.4, 0.5) is 0 Å². The maximum atomic E-state index is 12.4. The lowest BCUT2D eigenvalue weighted by Crippen LogP contribution is -2.24. The highest BCUT2D eigenvalue weighted by molar-refractivity contribution is 8.04. The SMILES string of the molecule is CCN1CS/C(=C\c2cc(C(C)(C)C)c(O)c(C(C)(C)C)c2)C1=O. The lowest BCUT2D eigenvalue weighted by Gasteiger charge is -2.28. The number of hydrogen-bond acceptors (Lipinski definition) is 3. The summed E-state index contributed by atoms with van der Waals surface area (Å²) >= 11 is 1.58. The molecule has 1 amide bonds. The van der Waals surface area contributed by atoms with Gasteiger partial charge >= 0.3 is 0 Å². The van der Waals surface area contributed by atoms with E-state index in [0.29, 0.717) is 5.75 Å². The molecule has 0 spiro atoms. The summed E-state index contributed by atoms with van der Waals surface area (Å²) in [7, 11) is 0. The molecule has 24 heavy (non-hydrogen) atoms. The molecule has 1 saturated heterocycles. The average Bonchev–Trinajstić information content (AvgIpc) is 2.78. The molecule has 1 fully saturated rings. The van der Waals surface area contributed by atoms with Crippen molar-refractivity contribution in [2.75, 3.05) is 12.4 Å². The molecule has 1 aliphatic heterocycles. The number of thioether (sulfide) groups is 1. The second-order valence-corrected chi connectivity index (χ2v) is 9.39. The summed E-state index contributed by atoms with van der Waals surface area (Å²) in [5.41, 5.74) is 2.49. The van der Waals surface area contributed by atoms with E-state index in [9.17, 15) is 9.90 Å². The molecule has 0 atom stereocenters. The molecular weight excluding hydrogens is 318 g/mol. The van der Waals surface area contributed by atoms with Gasteiger partial charge in [0, 0.05) is 17.7 Å². The Labute approximate surface area is 150 Å². The predicted molar refractivity (Wildman–Crippen MR) is 103 cm³/mol. The van der Waals surface area contributed by atoms with Gasteiger partial charge in [0.2, 0.25) is 0 Å². The highest BCUT2D eigenvalue weighted by Crippen LogP contribution is 2.41. The van der Waals surface area contributed by atoms with E-state index in [0.717, 1.165) is 34.0 Å². The van der Waals surface area contributed by atoms with E-state index in [4.69, 9.17) is 0 Å². The molecule has 1 N–H and O–H groups in total. The number of aromatic hydroxyl groups is 1. The summed E-state index contributed by atoms with van der Waals surface area (Å²) in [6.07, 6.45) is 1.96. The van der Waals surface area contributed by atoms with E-state index in [1.807, 2.05) is 30.0 Å². The molecule has 132 valence electrons. The Kier molecular flexibility index (Phi) is 5.10. The number of amides is 1. The Morgan fingerprint density at radius 1 is 1.12 bits per heavy atom. The van der Waals surface area contributed by atoms with Gasteiger partial charge in [-0.2, -0.15) is 0 Å². The number of phenolic OH excluding ortho intramolecular Hbond substituents is 1. The van der Waals surface area contributed by atoms with E-state index in [1.54, 1.807) is 11.8 Å². The zero-order chi connectivity index (χ0) is 18.3. The lowest BCUT2D eigenvalue weighted by molar-refractivity contribution is -0.124. The van der Waals surface area contributed by atoms with Crippen LogP contribution in [0.25, 0.3) is 6.08 Å². The molecule has 0 aliphatic carbocycles. The van der Waals surface area contributed by atoms with Crippen molar-refractivity contribution in [2.24, 2.45) is 0 Å². The van der Waals surface area contributed by atoms with Crippen LogP contribution in [-0.4, -0.2) is 28.3 Å². The number of carbonyl (C=O) groups excluding carboxylic acids is 1. The van der Waals surface area contributed by atoms with Crippen LogP contribution in [0, 0.1) is 0 Å². The normalized spacial score (nSPS) is 17.9. The van der Waals surface area contributed by atoms with Crippen LogP contribution in [-0.2, 0) is 15.6 Å². The summed E-state index contributed by atoms with van der Waals surface area (Å²) in [6.45, 7) is 15.3. The van der Waals surface area contributed by atoms with Gasteiger partial charge in [-0.1, -0.05) is 53.3 Å². The van der Waals surface area contributed by atoms with Crippen molar-refractivity contribution in [2.45, 2.75) is 59.3 Å². The number of nitrogens with zero attached hydrogens (tertiary/aromatic N) is 1. The monoisotopic (exact) mass is 347 g/mol. The van der Waals surface area contributed by atoms with Gasteiger partial charge in [0.1, 0.15) is 5.75 Å². The molecule has 0 radical (unpaired) electrons. The molecule has 3 nitrogen and oxygen atoms in total. The Bertz CT molecular complexity index is 643. The highest BCUT2D eigenvalue weighted by Gasteiger charge is 2.28. The van der Waals surface area contributed by atoms with Gasteiger partial charge in [0.15, 0.2) is 0 Å². The minimum atomic E-state index is -0.166. The van der Waals surface area contributed by atoms with E-state index in [-0.39, 0.29) is 16.7 Å². The van der Waals surface area contributed by atoms with Crippen molar-refractivity contribution in [3.8, 4) is 5.75 Å². The first-order valence-corrected chi connectivity index (χ1v) is 9.45. The molecule has 1 aromatic rings. The predicted octanol–water partition coefficient (Wildman–Crippen LogP) is 4.88. The third-order valence-corrected chi connectivity index (χ3v) is 5.35. The van der Waals surface area contributed by atoms with Crippen LogP contribution in [0.3, 0.4) is 0 Å². The van der Waals surface area contributed by atoms with Gasteiger partial charge in [-0.3, -0.25) is 4.79 Å². The van der Waals surface area contributed by atoms with Crippen molar-refractivity contribution in [1.29, 1.82) is 0 Å². The largest absolute Gasteiger partial charge is 0.507 e.